The van der Waals surface area contributed by atoms with Gasteiger partial charge in [-0.15, -0.1) is 0 Å². The van der Waals surface area contributed by atoms with E-state index in [0.29, 0.717) is 18.6 Å². The number of rotatable bonds is 4. The van der Waals surface area contributed by atoms with E-state index < -0.39 is 17.6 Å². The van der Waals surface area contributed by atoms with Crippen LogP contribution in [0.5, 0.6) is 0 Å². The highest BCUT2D eigenvalue weighted by molar-refractivity contribution is 6.39. The first-order valence-corrected chi connectivity index (χ1v) is 8.30. The van der Waals surface area contributed by atoms with Gasteiger partial charge < -0.3 is 10.1 Å². The molecule has 140 valence electrons. The number of nitrogens with one attached hydrogen (secondary N) is 2. The summed E-state index contributed by atoms with van der Waals surface area (Å²) in [5.41, 5.74) is 2.37. The number of benzene rings is 1. The fraction of sp³-hybridized carbons (Fsp3) is 0.389. The van der Waals surface area contributed by atoms with E-state index in [2.05, 4.69) is 11.9 Å². The zero-order valence-electron chi connectivity index (χ0n) is 14.5. The molecular weight excluding hydrogens is 341 g/mol. The summed E-state index contributed by atoms with van der Waals surface area (Å²) in [5, 5.41) is 2.16. The Morgan fingerprint density at radius 3 is 2.38 bits per heavy atom. The SMILES string of the molecule is C=C(C)OC(=O)C1CCC(c2ccc(NC(=O)C(=O)NN)c(F)c2)CC1. The summed E-state index contributed by atoms with van der Waals surface area (Å²) in [6.07, 6.45) is 2.79. The number of amides is 2. The molecule has 1 aromatic carbocycles. The number of hydrogen-bond acceptors (Lipinski definition) is 5. The summed E-state index contributed by atoms with van der Waals surface area (Å²) < 4.78 is 19.3. The van der Waals surface area contributed by atoms with Crippen molar-refractivity contribution in [3.8, 4) is 0 Å². The average molecular weight is 363 g/mol. The first kappa shape index (κ1) is 19.6. The predicted molar refractivity (Wildman–Crippen MR) is 93.0 cm³/mol. The van der Waals surface area contributed by atoms with Gasteiger partial charge in [-0.1, -0.05) is 12.6 Å². The molecule has 0 heterocycles. The van der Waals surface area contributed by atoms with Crippen molar-refractivity contribution in [1.29, 1.82) is 0 Å². The summed E-state index contributed by atoms with van der Waals surface area (Å²) in [6.45, 7) is 5.19. The number of hydrogen-bond donors (Lipinski definition) is 3. The van der Waals surface area contributed by atoms with Crippen molar-refractivity contribution in [3.63, 3.8) is 0 Å². The van der Waals surface area contributed by atoms with Crippen LogP contribution in [-0.2, 0) is 19.1 Å². The normalized spacial score (nSPS) is 19.3. The fourth-order valence-electron chi connectivity index (χ4n) is 3.05. The van der Waals surface area contributed by atoms with E-state index >= 15 is 0 Å². The molecule has 0 unspecified atom stereocenters. The Morgan fingerprint density at radius 1 is 1.19 bits per heavy atom. The zero-order valence-corrected chi connectivity index (χ0v) is 14.5. The molecule has 26 heavy (non-hydrogen) atoms. The molecule has 1 saturated carbocycles. The van der Waals surface area contributed by atoms with Gasteiger partial charge in [-0.05, 0) is 56.2 Å². The topological polar surface area (TPSA) is 111 Å². The van der Waals surface area contributed by atoms with Gasteiger partial charge in [0.25, 0.3) is 0 Å². The van der Waals surface area contributed by atoms with E-state index in [9.17, 15) is 18.8 Å². The van der Waals surface area contributed by atoms with Gasteiger partial charge in [-0.2, -0.15) is 0 Å². The third-order valence-electron chi connectivity index (χ3n) is 4.39. The highest BCUT2D eigenvalue weighted by Gasteiger charge is 2.28. The van der Waals surface area contributed by atoms with E-state index in [4.69, 9.17) is 10.6 Å². The van der Waals surface area contributed by atoms with Gasteiger partial charge in [0, 0.05) is 0 Å². The van der Waals surface area contributed by atoms with Crippen molar-refractivity contribution < 1.29 is 23.5 Å². The predicted octanol–water partition coefficient (Wildman–Crippen LogP) is 2.10. The van der Waals surface area contributed by atoms with Crippen molar-refractivity contribution >= 4 is 23.5 Å². The molecule has 1 aliphatic carbocycles. The van der Waals surface area contributed by atoms with Gasteiger partial charge in [0.05, 0.1) is 17.4 Å². The van der Waals surface area contributed by atoms with Crippen molar-refractivity contribution in [1.82, 2.24) is 5.43 Å². The maximum Gasteiger partial charge on any atom is 0.323 e. The van der Waals surface area contributed by atoms with Crippen LogP contribution in [-0.4, -0.2) is 17.8 Å². The third kappa shape index (κ3) is 4.89. The number of carbonyl (C=O) groups is 3. The van der Waals surface area contributed by atoms with E-state index in [1.54, 1.807) is 18.4 Å². The first-order chi connectivity index (χ1) is 12.3. The Kier molecular flexibility index (Phi) is 6.46. The van der Waals surface area contributed by atoms with Crippen molar-refractivity contribution in [2.75, 3.05) is 5.32 Å². The molecule has 2 amide bonds. The third-order valence-corrected chi connectivity index (χ3v) is 4.39. The molecule has 1 fully saturated rings. The summed E-state index contributed by atoms with van der Waals surface area (Å²) >= 11 is 0. The van der Waals surface area contributed by atoms with Crippen LogP contribution in [0, 0.1) is 11.7 Å². The Labute approximate surface area is 150 Å². The zero-order chi connectivity index (χ0) is 19.3. The molecular formula is C18H22FN3O4. The maximum atomic E-state index is 14.2. The van der Waals surface area contributed by atoms with Gasteiger partial charge >= 0.3 is 17.8 Å². The van der Waals surface area contributed by atoms with Crippen molar-refractivity contribution in [2.45, 2.75) is 38.5 Å². The van der Waals surface area contributed by atoms with E-state index in [1.165, 1.54) is 12.1 Å². The minimum atomic E-state index is -1.06. The number of nitrogens with two attached hydrogens (primary N) is 1. The lowest BCUT2D eigenvalue weighted by Gasteiger charge is -2.27. The minimum Gasteiger partial charge on any atom is -0.432 e. The highest BCUT2D eigenvalue weighted by Crippen LogP contribution is 2.37. The lowest BCUT2D eigenvalue weighted by atomic mass is 9.78. The Bertz CT molecular complexity index is 727. The first-order valence-electron chi connectivity index (χ1n) is 8.30. The van der Waals surface area contributed by atoms with Crippen LogP contribution in [0.2, 0.25) is 0 Å². The molecule has 7 nitrogen and oxygen atoms in total. The smallest absolute Gasteiger partial charge is 0.323 e. The van der Waals surface area contributed by atoms with Crippen LogP contribution in [0.15, 0.2) is 30.5 Å². The van der Waals surface area contributed by atoms with Crippen LogP contribution in [0.3, 0.4) is 0 Å². The quantitative estimate of drug-likeness (QED) is 0.189. The van der Waals surface area contributed by atoms with Crippen LogP contribution in [0.4, 0.5) is 10.1 Å². The molecule has 8 heteroatoms. The lowest BCUT2D eigenvalue weighted by Crippen LogP contribution is -2.39. The molecule has 2 rings (SSSR count). The largest absolute Gasteiger partial charge is 0.432 e. The molecule has 0 atom stereocenters. The Morgan fingerprint density at radius 2 is 1.85 bits per heavy atom. The molecule has 0 saturated heterocycles. The number of halogens is 1. The molecule has 4 N–H and O–H groups in total. The number of hydrazine groups is 1. The second-order valence-electron chi connectivity index (χ2n) is 6.34. The second kappa shape index (κ2) is 8.57. The fourth-order valence-corrected chi connectivity index (χ4v) is 3.05. The number of allylic oxidation sites excluding steroid dienone is 1. The lowest BCUT2D eigenvalue weighted by molar-refractivity contribution is -0.145. The van der Waals surface area contributed by atoms with E-state index in [0.717, 1.165) is 18.4 Å². The summed E-state index contributed by atoms with van der Waals surface area (Å²) in [4.78, 5) is 34.4. The van der Waals surface area contributed by atoms with Gasteiger partial charge in [-0.25, -0.2) is 10.2 Å². The molecule has 0 bridgehead atoms. The van der Waals surface area contributed by atoms with Crippen LogP contribution < -0.4 is 16.6 Å². The van der Waals surface area contributed by atoms with Crippen molar-refractivity contribution in [2.24, 2.45) is 11.8 Å². The summed E-state index contributed by atoms with van der Waals surface area (Å²) in [6, 6.07) is 4.46. The number of anilines is 1. The summed E-state index contributed by atoms with van der Waals surface area (Å²) in [5.74, 6) is 2.18. The summed E-state index contributed by atoms with van der Waals surface area (Å²) in [7, 11) is 0. The number of carbonyl (C=O) groups excluding carboxylic acids is 3. The Hall–Kier alpha value is -2.74. The van der Waals surface area contributed by atoms with Crippen molar-refractivity contribution in [3.05, 3.63) is 41.9 Å². The van der Waals surface area contributed by atoms with Crippen LogP contribution >= 0.6 is 0 Å². The van der Waals surface area contributed by atoms with E-state index in [1.807, 2.05) is 0 Å². The Balaban J connectivity index is 1.98. The molecule has 0 aromatic heterocycles. The molecule has 0 radical (unpaired) electrons. The van der Waals surface area contributed by atoms with Gasteiger partial charge in [0.1, 0.15) is 5.82 Å². The van der Waals surface area contributed by atoms with Crippen LogP contribution in [0.1, 0.15) is 44.1 Å². The van der Waals surface area contributed by atoms with Gasteiger partial charge in [0.15, 0.2) is 0 Å². The molecule has 0 spiro atoms. The number of ether oxygens (including phenoxy) is 1. The highest BCUT2D eigenvalue weighted by atomic mass is 19.1. The number of esters is 1. The second-order valence-corrected chi connectivity index (χ2v) is 6.34. The minimum absolute atomic E-state index is 0.0962. The van der Waals surface area contributed by atoms with Gasteiger partial charge in [0.2, 0.25) is 0 Å². The molecule has 1 aromatic rings. The maximum absolute atomic E-state index is 14.2. The molecule has 0 aliphatic heterocycles. The van der Waals surface area contributed by atoms with Gasteiger partial charge in [-0.3, -0.25) is 19.8 Å². The van der Waals surface area contributed by atoms with E-state index in [-0.39, 0.29) is 23.5 Å². The monoisotopic (exact) mass is 363 g/mol. The average Bonchev–Trinajstić information content (AvgIpc) is 2.62. The van der Waals surface area contributed by atoms with Crippen LogP contribution in [0.25, 0.3) is 0 Å². The molecule has 1 aliphatic rings. The standard InChI is InChI=1S/C18H22FN3O4/c1-10(2)26-18(25)12-5-3-11(4-6-12)13-7-8-15(14(19)9-13)21-16(23)17(24)22-20/h7-9,11-12H,1,3-6,20H2,2H3,(H,21,23)(H,22,24).